The summed E-state index contributed by atoms with van der Waals surface area (Å²) in [4.78, 5) is 4.09. The number of nitrogens with zero attached hydrogens (tertiary/aromatic N) is 1. The second kappa shape index (κ2) is 6.70. The zero-order valence-electron chi connectivity index (χ0n) is 11.2. The highest BCUT2D eigenvalue weighted by Crippen LogP contribution is 2.13. The number of nitrogens with one attached hydrogen (secondary N) is 1. The van der Waals surface area contributed by atoms with Crippen molar-refractivity contribution in [1.29, 1.82) is 0 Å². The van der Waals surface area contributed by atoms with Gasteiger partial charge in [-0.1, -0.05) is 13.8 Å². The zero-order chi connectivity index (χ0) is 12.8. The van der Waals surface area contributed by atoms with Crippen LogP contribution in [0, 0.1) is 11.7 Å². The van der Waals surface area contributed by atoms with Gasteiger partial charge in [-0.3, -0.25) is 4.98 Å². The predicted molar refractivity (Wildman–Crippen MR) is 69.3 cm³/mol. The van der Waals surface area contributed by atoms with Crippen molar-refractivity contribution in [3.63, 3.8) is 0 Å². The Hall–Kier alpha value is -0.960. The summed E-state index contributed by atoms with van der Waals surface area (Å²) in [5, 5.41) is 3.49. The van der Waals surface area contributed by atoms with Gasteiger partial charge in [0.05, 0.1) is 11.9 Å². The molecule has 2 unspecified atom stereocenters. The molecule has 0 bridgehead atoms. The second-order valence-electron chi connectivity index (χ2n) is 5.16. The zero-order valence-corrected chi connectivity index (χ0v) is 11.2. The predicted octanol–water partition coefficient (Wildman–Crippen LogP) is 3.70. The highest BCUT2D eigenvalue weighted by molar-refractivity contribution is 5.09. The molecule has 0 aromatic carbocycles. The fraction of sp³-hybridized carbons (Fsp3) is 0.643. The van der Waals surface area contributed by atoms with Gasteiger partial charge in [0, 0.05) is 12.1 Å². The minimum Gasteiger partial charge on any atom is -0.306 e. The molecule has 0 amide bonds. The number of aromatic nitrogens is 1. The summed E-state index contributed by atoms with van der Waals surface area (Å²) in [6, 6.07) is 3.82. The summed E-state index contributed by atoms with van der Waals surface area (Å²) >= 11 is 0. The normalized spacial score (nSPS) is 14.9. The average Bonchev–Trinajstić information content (AvgIpc) is 2.27. The van der Waals surface area contributed by atoms with Crippen molar-refractivity contribution < 1.29 is 4.39 Å². The van der Waals surface area contributed by atoms with Crippen LogP contribution >= 0.6 is 0 Å². The molecule has 1 N–H and O–H groups in total. The summed E-state index contributed by atoms with van der Waals surface area (Å²) in [7, 11) is 0. The largest absolute Gasteiger partial charge is 0.306 e. The maximum atomic E-state index is 12.7. The Morgan fingerprint density at radius 2 is 1.88 bits per heavy atom. The Morgan fingerprint density at radius 3 is 2.41 bits per heavy atom. The number of halogens is 1. The molecule has 0 aliphatic carbocycles. The molecule has 1 heterocycles. The molecular weight excluding hydrogens is 215 g/mol. The first-order valence-electron chi connectivity index (χ1n) is 6.36. The highest BCUT2D eigenvalue weighted by Gasteiger charge is 2.11. The molecular formula is C14H23FN2. The van der Waals surface area contributed by atoms with E-state index in [1.165, 1.54) is 18.7 Å². The molecule has 0 fully saturated rings. The fourth-order valence-electron chi connectivity index (χ4n) is 1.82. The molecule has 17 heavy (non-hydrogen) atoms. The number of rotatable bonds is 6. The molecule has 1 aromatic heterocycles. The maximum Gasteiger partial charge on any atom is 0.141 e. The SMILES string of the molecule is CC(C)CCC(C)NC(C)c1ccc(F)cn1. The van der Waals surface area contributed by atoms with Crippen molar-refractivity contribution in [2.24, 2.45) is 5.92 Å². The van der Waals surface area contributed by atoms with Crippen molar-refractivity contribution >= 4 is 0 Å². The second-order valence-corrected chi connectivity index (χ2v) is 5.16. The Bertz CT molecular complexity index is 321. The van der Waals surface area contributed by atoms with E-state index in [2.05, 4.69) is 38.0 Å². The van der Waals surface area contributed by atoms with E-state index >= 15 is 0 Å². The third kappa shape index (κ3) is 5.26. The Morgan fingerprint density at radius 1 is 1.18 bits per heavy atom. The molecule has 0 aliphatic heterocycles. The summed E-state index contributed by atoms with van der Waals surface area (Å²) in [6.45, 7) is 8.71. The van der Waals surface area contributed by atoms with Crippen LogP contribution in [-0.2, 0) is 0 Å². The Kier molecular flexibility index (Phi) is 5.56. The summed E-state index contributed by atoms with van der Waals surface area (Å²) in [5.41, 5.74) is 0.891. The van der Waals surface area contributed by atoms with Gasteiger partial charge in [0.25, 0.3) is 0 Å². The van der Waals surface area contributed by atoms with Gasteiger partial charge in [-0.05, 0) is 44.7 Å². The van der Waals surface area contributed by atoms with E-state index in [1.54, 1.807) is 6.07 Å². The van der Waals surface area contributed by atoms with Gasteiger partial charge in [0.2, 0.25) is 0 Å². The standard InChI is InChI=1S/C14H23FN2/c1-10(2)5-6-11(3)17-12(4)14-8-7-13(15)9-16-14/h7-12,17H,5-6H2,1-4H3. The van der Waals surface area contributed by atoms with Crippen LogP contribution in [0.2, 0.25) is 0 Å². The lowest BCUT2D eigenvalue weighted by molar-refractivity contribution is 0.413. The van der Waals surface area contributed by atoms with E-state index in [-0.39, 0.29) is 11.9 Å². The van der Waals surface area contributed by atoms with Gasteiger partial charge >= 0.3 is 0 Å². The first-order chi connectivity index (χ1) is 7.99. The van der Waals surface area contributed by atoms with E-state index in [0.29, 0.717) is 6.04 Å². The van der Waals surface area contributed by atoms with E-state index in [1.807, 2.05) is 0 Å². The van der Waals surface area contributed by atoms with Crippen LogP contribution in [0.4, 0.5) is 4.39 Å². The quantitative estimate of drug-likeness (QED) is 0.817. The molecule has 96 valence electrons. The molecule has 0 aliphatic rings. The monoisotopic (exact) mass is 238 g/mol. The molecule has 3 heteroatoms. The van der Waals surface area contributed by atoms with Gasteiger partial charge in [-0.15, -0.1) is 0 Å². The van der Waals surface area contributed by atoms with Gasteiger partial charge in [-0.2, -0.15) is 0 Å². The lowest BCUT2D eigenvalue weighted by atomic mass is 10.0. The molecule has 0 saturated heterocycles. The van der Waals surface area contributed by atoms with E-state index in [9.17, 15) is 4.39 Å². The van der Waals surface area contributed by atoms with E-state index in [0.717, 1.165) is 18.0 Å². The third-order valence-electron chi connectivity index (χ3n) is 2.91. The van der Waals surface area contributed by atoms with Crippen LogP contribution < -0.4 is 5.32 Å². The van der Waals surface area contributed by atoms with Crippen LogP contribution in [0.5, 0.6) is 0 Å². The van der Waals surface area contributed by atoms with E-state index in [4.69, 9.17) is 0 Å². The molecule has 1 rings (SSSR count). The first kappa shape index (κ1) is 14.1. The molecule has 2 atom stereocenters. The van der Waals surface area contributed by atoms with Crippen LogP contribution in [-0.4, -0.2) is 11.0 Å². The molecule has 0 radical (unpaired) electrons. The summed E-state index contributed by atoms with van der Waals surface area (Å²) in [5.74, 6) is 0.451. The average molecular weight is 238 g/mol. The van der Waals surface area contributed by atoms with Crippen molar-refractivity contribution in [2.75, 3.05) is 0 Å². The smallest absolute Gasteiger partial charge is 0.141 e. The maximum absolute atomic E-state index is 12.7. The minimum absolute atomic E-state index is 0.165. The molecule has 0 spiro atoms. The Balaban J connectivity index is 2.42. The van der Waals surface area contributed by atoms with Gasteiger partial charge in [-0.25, -0.2) is 4.39 Å². The van der Waals surface area contributed by atoms with Crippen LogP contribution in [0.15, 0.2) is 18.3 Å². The topological polar surface area (TPSA) is 24.9 Å². The van der Waals surface area contributed by atoms with Crippen molar-refractivity contribution in [3.8, 4) is 0 Å². The lowest BCUT2D eigenvalue weighted by Gasteiger charge is -2.20. The van der Waals surface area contributed by atoms with Gasteiger partial charge in [0.15, 0.2) is 0 Å². The lowest BCUT2D eigenvalue weighted by Crippen LogP contribution is -2.29. The number of hydrogen-bond acceptors (Lipinski definition) is 2. The number of pyridine rings is 1. The third-order valence-corrected chi connectivity index (χ3v) is 2.91. The highest BCUT2D eigenvalue weighted by atomic mass is 19.1. The van der Waals surface area contributed by atoms with Crippen molar-refractivity contribution in [1.82, 2.24) is 10.3 Å². The number of hydrogen-bond donors (Lipinski definition) is 1. The summed E-state index contributed by atoms with van der Waals surface area (Å²) < 4.78 is 12.7. The molecule has 0 saturated carbocycles. The van der Waals surface area contributed by atoms with Gasteiger partial charge in [0.1, 0.15) is 5.82 Å². The first-order valence-corrected chi connectivity index (χ1v) is 6.36. The van der Waals surface area contributed by atoms with Crippen LogP contribution in [0.25, 0.3) is 0 Å². The fourth-order valence-corrected chi connectivity index (χ4v) is 1.82. The minimum atomic E-state index is -0.284. The summed E-state index contributed by atoms with van der Waals surface area (Å²) in [6.07, 6.45) is 3.65. The van der Waals surface area contributed by atoms with Crippen LogP contribution in [0.3, 0.4) is 0 Å². The molecule has 1 aromatic rings. The Labute approximate surface area is 104 Å². The molecule has 2 nitrogen and oxygen atoms in total. The van der Waals surface area contributed by atoms with Crippen molar-refractivity contribution in [2.45, 2.75) is 52.6 Å². The van der Waals surface area contributed by atoms with Crippen molar-refractivity contribution in [3.05, 3.63) is 29.8 Å². The van der Waals surface area contributed by atoms with Crippen LogP contribution in [0.1, 0.15) is 52.3 Å². The van der Waals surface area contributed by atoms with E-state index < -0.39 is 0 Å². The van der Waals surface area contributed by atoms with Gasteiger partial charge < -0.3 is 5.32 Å².